The molecule has 0 saturated heterocycles. The maximum Gasteiger partial charge on any atom is 0.251 e. The lowest BCUT2D eigenvalue weighted by Gasteiger charge is -2.29. The molecule has 2 atom stereocenters. The van der Waals surface area contributed by atoms with Crippen LogP contribution in [0.1, 0.15) is 56.8 Å². The van der Waals surface area contributed by atoms with Crippen molar-refractivity contribution in [2.45, 2.75) is 57.4 Å². The van der Waals surface area contributed by atoms with Crippen LogP contribution in [-0.4, -0.2) is 37.8 Å². The Morgan fingerprint density at radius 3 is 2.48 bits per heavy atom. The van der Waals surface area contributed by atoms with Gasteiger partial charge >= 0.3 is 0 Å². The molecule has 0 aromatic heterocycles. The van der Waals surface area contributed by atoms with Crippen molar-refractivity contribution >= 4 is 27.5 Å². The molecule has 1 aliphatic rings. The highest BCUT2D eigenvalue weighted by Crippen LogP contribution is 2.27. The van der Waals surface area contributed by atoms with E-state index in [-0.39, 0.29) is 21.9 Å². The highest BCUT2D eigenvalue weighted by molar-refractivity contribution is 7.89. The van der Waals surface area contributed by atoms with Crippen molar-refractivity contribution in [1.29, 1.82) is 0 Å². The number of amides is 1. The summed E-state index contributed by atoms with van der Waals surface area (Å²) >= 11 is 6.12. The van der Waals surface area contributed by atoms with Crippen molar-refractivity contribution < 1.29 is 13.2 Å². The highest BCUT2D eigenvalue weighted by atomic mass is 35.5. The molecule has 1 aromatic rings. The van der Waals surface area contributed by atoms with Crippen molar-refractivity contribution in [3.8, 4) is 0 Å². The maximum absolute atomic E-state index is 12.7. The van der Waals surface area contributed by atoms with Gasteiger partial charge in [0.2, 0.25) is 10.0 Å². The molecular formula is C18H27ClN2O3S. The topological polar surface area (TPSA) is 66.5 Å². The maximum atomic E-state index is 12.7. The Morgan fingerprint density at radius 2 is 1.88 bits per heavy atom. The normalized spacial score (nSPS) is 21.3. The van der Waals surface area contributed by atoms with Gasteiger partial charge in [-0.05, 0) is 37.0 Å². The number of sulfonamides is 1. The Kier molecular flexibility index (Phi) is 6.88. The molecule has 0 heterocycles. The second-order valence-electron chi connectivity index (χ2n) is 6.58. The number of halogens is 1. The zero-order chi connectivity index (χ0) is 18.6. The fourth-order valence-electron chi connectivity index (χ4n) is 3.33. The van der Waals surface area contributed by atoms with E-state index in [1.54, 1.807) is 19.9 Å². The van der Waals surface area contributed by atoms with E-state index in [0.717, 1.165) is 19.3 Å². The third kappa shape index (κ3) is 4.54. The first kappa shape index (κ1) is 20.2. The minimum absolute atomic E-state index is 0.0118. The summed E-state index contributed by atoms with van der Waals surface area (Å²) < 4.78 is 26.8. The summed E-state index contributed by atoms with van der Waals surface area (Å²) in [7, 11) is -3.71. The Bertz CT molecular complexity index is 717. The summed E-state index contributed by atoms with van der Waals surface area (Å²) in [5.74, 6) is 0.190. The fraction of sp³-hybridized carbons (Fsp3) is 0.611. The lowest BCUT2D eigenvalue weighted by Crippen LogP contribution is -2.41. The number of hydrogen-bond donors (Lipinski definition) is 1. The van der Waals surface area contributed by atoms with Gasteiger partial charge in [-0.15, -0.1) is 0 Å². The first-order chi connectivity index (χ1) is 11.8. The predicted molar refractivity (Wildman–Crippen MR) is 100 cm³/mol. The van der Waals surface area contributed by atoms with E-state index >= 15 is 0 Å². The molecule has 5 nitrogen and oxygen atoms in total. The summed E-state index contributed by atoms with van der Waals surface area (Å²) in [6.45, 7) is 6.39. The van der Waals surface area contributed by atoms with Crippen LogP contribution in [0.25, 0.3) is 0 Å². The molecule has 1 saturated carbocycles. The number of benzene rings is 1. The quantitative estimate of drug-likeness (QED) is 0.810. The number of carbonyl (C=O) groups excluding carboxylic acids is 1. The Labute approximate surface area is 155 Å². The number of rotatable bonds is 6. The first-order valence-corrected chi connectivity index (χ1v) is 10.7. The van der Waals surface area contributed by atoms with Gasteiger partial charge in [0.05, 0.1) is 5.02 Å². The molecule has 0 unspecified atom stereocenters. The fourth-order valence-corrected chi connectivity index (χ4v) is 5.29. The number of nitrogens with one attached hydrogen (secondary N) is 1. The van der Waals surface area contributed by atoms with Crippen molar-refractivity contribution in [1.82, 2.24) is 9.62 Å². The standard InChI is InChI=1S/C18H27ClN2O3S/c1-4-21(5-2)25(23,24)17-12-14(10-11-15(17)19)18(22)20-16-9-7-6-8-13(16)3/h10-13,16H,4-9H2,1-3H3,(H,20,22)/t13-,16-/m0/s1. The van der Waals surface area contributed by atoms with Crippen LogP contribution >= 0.6 is 11.6 Å². The van der Waals surface area contributed by atoms with Crippen LogP contribution in [0, 0.1) is 5.92 Å². The van der Waals surface area contributed by atoms with Gasteiger partial charge < -0.3 is 5.32 Å². The van der Waals surface area contributed by atoms with Gasteiger partial charge in [-0.1, -0.05) is 45.2 Å². The zero-order valence-corrected chi connectivity index (χ0v) is 16.7. The molecule has 0 radical (unpaired) electrons. The van der Waals surface area contributed by atoms with Crippen molar-refractivity contribution in [3.05, 3.63) is 28.8 Å². The van der Waals surface area contributed by atoms with E-state index in [4.69, 9.17) is 11.6 Å². The largest absolute Gasteiger partial charge is 0.349 e. The molecule has 0 bridgehead atoms. The van der Waals surface area contributed by atoms with E-state index in [2.05, 4.69) is 12.2 Å². The molecule has 1 aliphatic carbocycles. The minimum Gasteiger partial charge on any atom is -0.349 e. The SMILES string of the molecule is CCN(CC)S(=O)(=O)c1cc(C(=O)N[C@H]2CCCC[C@@H]2C)ccc1Cl. The lowest BCUT2D eigenvalue weighted by atomic mass is 9.86. The summed E-state index contributed by atoms with van der Waals surface area (Å²) in [6.07, 6.45) is 4.37. The van der Waals surface area contributed by atoms with Crippen LogP contribution in [0.4, 0.5) is 0 Å². The van der Waals surface area contributed by atoms with Crippen molar-refractivity contribution in [2.24, 2.45) is 5.92 Å². The Hall–Kier alpha value is -1.11. The van der Waals surface area contributed by atoms with Crippen LogP contribution < -0.4 is 5.32 Å². The summed E-state index contributed by atoms with van der Waals surface area (Å²) in [4.78, 5) is 12.6. The number of hydrogen-bond acceptors (Lipinski definition) is 3. The van der Waals surface area contributed by atoms with Crippen LogP contribution in [-0.2, 0) is 10.0 Å². The number of nitrogens with zero attached hydrogens (tertiary/aromatic N) is 1. The molecule has 1 aromatic carbocycles. The summed E-state index contributed by atoms with van der Waals surface area (Å²) in [6, 6.07) is 4.59. The first-order valence-electron chi connectivity index (χ1n) is 8.91. The molecule has 1 N–H and O–H groups in total. The Balaban J connectivity index is 2.27. The molecule has 2 rings (SSSR count). The van der Waals surface area contributed by atoms with Crippen LogP contribution in [0.3, 0.4) is 0 Å². The highest BCUT2D eigenvalue weighted by Gasteiger charge is 2.27. The molecule has 1 fully saturated rings. The molecule has 7 heteroatoms. The summed E-state index contributed by atoms with van der Waals surface area (Å²) in [5.41, 5.74) is 0.327. The molecule has 25 heavy (non-hydrogen) atoms. The molecule has 0 aliphatic heterocycles. The van der Waals surface area contributed by atoms with Gasteiger partial charge in [0, 0.05) is 24.7 Å². The second kappa shape index (κ2) is 8.52. The van der Waals surface area contributed by atoms with Crippen molar-refractivity contribution in [2.75, 3.05) is 13.1 Å². The third-order valence-corrected chi connectivity index (χ3v) is 7.48. The smallest absolute Gasteiger partial charge is 0.251 e. The zero-order valence-electron chi connectivity index (χ0n) is 15.1. The van der Waals surface area contributed by atoms with E-state index in [9.17, 15) is 13.2 Å². The van der Waals surface area contributed by atoms with Crippen LogP contribution in [0.5, 0.6) is 0 Å². The van der Waals surface area contributed by atoms with Gasteiger partial charge in [0.25, 0.3) is 5.91 Å². The van der Waals surface area contributed by atoms with E-state index in [0.29, 0.717) is 24.6 Å². The van der Waals surface area contributed by atoms with E-state index < -0.39 is 10.0 Å². The van der Waals surface area contributed by atoms with Gasteiger partial charge in [0.1, 0.15) is 4.90 Å². The number of carbonyl (C=O) groups is 1. The van der Waals surface area contributed by atoms with Gasteiger partial charge in [-0.25, -0.2) is 8.42 Å². The van der Waals surface area contributed by atoms with E-state index in [1.807, 2.05) is 0 Å². The minimum atomic E-state index is -3.71. The van der Waals surface area contributed by atoms with Gasteiger partial charge in [0.15, 0.2) is 0 Å². The molecule has 140 valence electrons. The van der Waals surface area contributed by atoms with Gasteiger partial charge in [-0.2, -0.15) is 4.31 Å². The monoisotopic (exact) mass is 386 g/mol. The second-order valence-corrected chi connectivity index (χ2v) is 8.89. The predicted octanol–water partition coefficient (Wildman–Crippen LogP) is 3.68. The Morgan fingerprint density at radius 1 is 1.24 bits per heavy atom. The average Bonchev–Trinajstić information content (AvgIpc) is 2.58. The molecule has 0 spiro atoms. The summed E-state index contributed by atoms with van der Waals surface area (Å²) in [5, 5.41) is 3.18. The van der Waals surface area contributed by atoms with Crippen LogP contribution in [0.15, 0.2) is 23.1 Å². The molecule has 1 amide bonds. The van der Waals surface area contributed by atoms with Gasteiger partial charge in [-0.3, -0.25) is 4.79 Å². The average molecular weight is 387 g/mol. The third-order valence-electron chi connectivity index (χ3n) is 4.94. The molecular weight excluding hydrogens is 360 g/mol. The lowest BCUT2D eigenvalue weighted by molar-refractivity contribution is 0.0910. The van der Waals surface area contributed by atoms with E-state index in [1.165, 1.54) is 22.9 Å². The van der Waals surface area contributed by atoms with Crippen LogP contribution in [0.2, 0.25) is 5.02 Å². The van der Waals surface area contributed by atoms with Crippen molar-refractivity contribution in [3.63, 3.8) is 0 Å².